The van der Waals surface area contributed by atoms with Crippen LogP contribution in [0.5, 0.6) is 0 Å². The Labute approximate surface area is 151 Å². The fourth-order valence-corrected chi connectivity index (χ4v) is 3.90. The normalized spacial score (nSPS) is 13.6. The number of hydrogen-bond acceptors (Lipinski definition) is 7. The van der Waals surface area contributed by atoms with E-state index >= 15 is 0 Å². The Morgan fingerprint density at radius 3 is 2.84 bits per heavy atom. The zero-order chi connectivity index (χ0) is 17.3. The lowest BCUT2D eigenvalue weighted by molar-refractivity contribution is 0.0554. The van der Waals surface area contributed by atoms with Crippen LogP contribution in [-0.4, -0.2) is 26.3 Å². The van der Waals surface area contributed by atoms with Gasteiger partial charge in [0.15, 0.2) is 5.60 Å². The number of nitrogens with zero attached hydrogens (tertiary/aromatic N) is 2. The topological polar surface area (TPSA) is 88.2 Å². The van der Waals surface area contributed by atoms with E-state index in [1.807, 2.05) is 17.5 Å². The van der Waals surface area contributed by atoms with E-state index < -0.39 is 5.60 Å². The van der Waals surface area contributed by atoms with E-state index in [0.717, 1.165) is 17.2 Å². The molecule has 4 rings (SSSR count). The number of carbonyl (C=O) groups excluding carboxylic acids is 1. The van der Waals surface area contributed by atoms with Gasteiger partial charge in [0.2, 0.25) is 0 Å². The number of rotatable bonds is 5. The van der Waals surface area contributed by atoms with Gasteiger partial charge in [0.05, 0.1) is 24.5 Å². The van der Waals surface area contributed by atoms with Gasteiger partial charge in [-0.25, -0.2) is 0 Å². The van der Waals surface area contributed by atoms with Gasteiger partial charge in [0.25, 0.3) is 5.91 Å². The van der Waals surface area contributed by atoms with Crippen molar-refractivity contribution >= 4 is 40.0 Å². The standard InChI is InChI=1S/C17H13N3O3S2/c21-16(11-5-6-12-13(9-11)20-25-19-12)18-10-17(22,14-3-1-7-23-14)15-4-2-8-24-15/h1-9,22H,10H2,(H,18,21). The van der Waals surface area contributed by atoms with Gasteiger partial charge in [-0.2, -0.15) is 8.75 Å². The predicted molar refractivity (Wildman–Crippen MR) is 95.8 cm³/mol. The predicted octanol–water partition coefficient (Wildman–Crippen LogP) is 3.01. The largest absolute Gasteiger partial charge is 0.466 e. The van der Waals surface area contributed by atoms with Crippen molar-refractivity contribution in [3.8, 4) is 0 Å². The molecule has 0 saturated carbocycles. The second-order valence-electron chi connectivity index (χ2n) is 5.47. The van der Waals surface area contributed by atoms with Crippen LogP contribution in [-0.2, 0) is 5.60 Å². The van der Waals surface area contributed by atoms with Crippen LogP contribution in [0.2, 0.25) is 0 Å². The third-order valence-corrected chi connectivity index (χ3v) is 5.46. The van der Waals surface area contributed by atoms with Gasteiger partial charge in [-0.15, -0.1) is 11.3 Å². The van der Waals surface area contributed by atoms with Gasteiger partial charge < -0.3 is 14.8 Å². The lowest BCUT2D eigenvalue weighted by Gasteiger charge is -2.25. The molecule has 8 heteroatoms. The number of furan rings is 1. The molecule has 4 aromatic rings. The van der Waals surface area contributed by atoms with Crippen molar-refractivity contribution in [2.75, 3.05) is 6.54 Å². The number of hydrogen-bond donors (Lipinski definition) is 2. The molecule has 1 amide bonds. The van der Waals surface area contributed by atoms with Crippen molar-refractivity contribution in [3.05, 3.63) is 70.3 Å². The molecule has 2 N–H and O–H groups in total. The fourth-order valence-electron chi connectivity index (χ4n) is 2.56. The van der Waals surface area contributed by atoms with Crippen molar-refractivity contribution in [1.82, 2.24) is 14.1 Å². The molecule has 3 aromatic heterocycles. The van der Waals surface area contributed by atoms with E-state index in [4.69, 9.17) is 4.42 Å². The summed E-state index contributed by atoms with van der Waals surface area (Å²) in [4.78, 5) is 13.2. The zero-order valence-corrected chi connectivity index (χ0v) is 14.5. The smallest absolute Gasteiger partial charge is 0.251 e. The first kappa shape index (κ1) is 15.9. The third kappa shape index (κ3) is 2.95. The fraction of sp³-hybridized carbons (Fsp3) is 0.118. The Kier molecular flexibility index (Phi) is 4.08. The van der Waals surface area contributed by atoms with Gasteiger partial charge in [-0.05, 0) is 41.8 Å². The molecular weight excluding hydrogens is 358 g/mol. The molecule has 0 aliphatic carbocycles. The minimum absolute atomic E-state index is 0.00673. The number of thiophene rings is 1. The summed E-state index contributed by atoms with van der Waals surface area (Å²) in [6.45, 7) is -0.00673. The van der Waals surface area contributed by atoms with Gasteiger partial charge in [-0.1, -0.05) is 6.07 Å². The second kappa shape index (κ2) is 6.40. The van der Waals surface area contributed by atoms with Crippen molar-refractivity contribution < 1.29 is 14.3 Å². The van der Waals surface area contributed by atoms with Crippen LogP contribution in [0.25, 0.3) is 11.0 Å². The van der Waals surface area contributed by atoms with Crippen LogP contribution in [0.4, 0.5) is 0 Å². The highest BCUT2D eigenvalue weighted by molar-refractivity contribution is 7.10. The zero-order valence-electron chi connectivity index (χ0n) is 12.9. The van der Waals surface area contributed by atoms with E-state index in [2.05, 4.69) is 14.1 Å². The van der Waals surface area contributed by atoms with Crippen LogP contribution in [0, 0.1) is 0 Å². The number of benzene rings is 1. The first-order valence-corrected chi connectivity index (χ1v) is 9.09. The minimum atomic E-state index is -1.42. The molecule has 25 heavy (non-hydrogen) atoms. The van der Waals surface area contributed by atoms with Gasteiger partial charge in [0.1, 0.15) is 16.8 Å². The molecule has 0 radical (unpaired) electrons. The van der Waals surface area contributed by atoms with Crippen LogP contribution in [0.3, 0.4) is 0 Å². The maximum Gasteiger partial charge on any atom is 0.251 e. The third-order valence-electron chi connectivity index (χ3n) is 3.88. The van der Waals surface area contributed by atoms with E-state index in [9.17, 15) is 9.90 Å². The molecule has 126 valence electrons. The number of aromatic nitrogens is 2. The average molecular weight is 371 g/mol. The molecule has 1 atom stereocenters. The van der Waals surface area contributed by atoms with Gasteiger partial charge in [0, 0.05) is 10.4 Å². The van der Waals surface area contributed by atoms with Gasteiger partial charge >= 0.3 is 0 Å². The van der Waals surface area contributed by atoms with E-state index in [-0.39, 0.29) is 12.5 Å². The van der Waals surface area contributed by atoms with Crippen molar-refractivity contribution in [2.24, 2.45) is 0 Å². The summed E-state index contributed by atoms with van der Waals surface area (Å²) in [6, 6.07) is 12.2. The Morgan fingerprint density at radius 1 is 1.20 bits per heavy atom. The van der Waals surface area contributed by atoms with Crippen molar-refractivity contribution in [2.45, 2.75) is 5.60 Å². The average Bonchev–Trinajstić information content (AvgIpc) is 3.40. The molecule has 1 unspecified atom stereocenters. The maximum atomic E-state index is 12.5. The summed E-state index contributed by atoms with van der Waals surface area (Å²) >= 11 is 2.51. The first-order chi connectivity index (χ1) is 12.2. The summed E-state index contributed by atoms with van der Waals surface area (Å²) in [5.41, 5.74) is 0.484. The maximum absolute atomic E-state index is 12.5. The Bertz CT molecular complexity index is 959. The van der Waals surface area contributed by atoms with Crippen molar-refractivity contribution in [3.63, 3.8) is 0 Å². The summed E-state index contributed by atoms with van der Waals surface area (Å²) in [5, 5.41) is 15.8. The Balaban J connectivity index is 1.58. The molecule has 3 heterocycles. The second-order valence-corrected chi connectivity index (χ2v) is 6.94. The lowest BCUT2D eigenvalue weighted by atomic mass is 9.98. The Hall–Kier alpha value is -2.55. The molecule has 0 saturated heterocycles. The molecule has 1 aromatic carbocycles. The molecule has 0 aliphatic rings. The highest BCUT2D eigenvalue weighted by atomic mass is 32.1. The monoisotopic (exact) mass is 371 g/mol. The summed E-state index contributed by atoms with van der Waals surface area (Å²) in [5.74, 6) is 0.0887. The number of carbonyl (C=O) groups is 1. The molecule has 0 bridgehead atoms. The number of aliphatic hydroxyl groups is 1. The molecule has 0 fully saturated rings. The number of nitrogens with one attached hydrogen (secondary N) is 1. The number of fused-ring (bicyclic) bond motifs is 1. The molecular formula is C17H13N3O3S2. The summed E-state index contributed by atoms with van der Waals surface area (Å²) in [6.07, 6.45) is 1.50. The molecule has 0 aliphatic heterocycles. The first-order valence-electron chi connectivity index (χ1n) is 7.48. The minimum Gasteiger partial charge on any atom is -0.466 e. The molecule has 6 nitrogen and oxygen atoms in total. The quantitative estimate of drug-likeness (QED) is 0.563. The van der Waals surface area contributed by atoms with Crippen LogP contribution in [0.15, 0.2) is 58.5 Å². The van der Waals surface area contributed by atoms with E-state index in [0.29, 0.717) is 21.7 Å². The van der Waals surface area contributed by atoms with Crippen LogP contribution in [0.1, 0.15) is 21.0 Å². The van der Waals surface area contributed by atoms with Crippen LogP contribution < -0.4 is 5.32 Å². The molecule has 0 spiro atoms. The van der Waals surface area contributed by atoms with Crippen LogP contribution >= 0.6 is 23.1 Å². The van der Waals surface area contributed by atoms with Crippen molar-refractivity contribution in [1.29, 1.82) is 0 Å². The lowest BCUT2D eigenvalue weighted by Crippen LogP contribution is -2.41. The van der Waals surface area contributed by atoms with E-state index in [1.54, 1.807) is 30.3 Å². The highest BCUT2D eigenvalue weighted by Crippen LogP contribution is 2.32. The summed E-state index contributed by atoms with van der Waals surface area (Å²) in [7, 11) is 0. The van der Waals surface area contributed by atoms with E-state index in [1.165, 1.54) is 17.6 Å². The highest BCUT2D eigenvalue weighted by Gasteiger charge is 2.36. The SMILES string of the molecule is O=C(NCC(O)(c1ccco1)c1cccs1)c1ccc2nsnc2c1. The number of amides is 1. The Morgan fingerprint density at radius 2 is 2.08 bits per heavy atom. The summed E-state index contributed by atoms with van der Waals surface area (Å²) < 4.78 is 13.7. The van der Waals surface area contributed by atoms with Gasteiger partial charge in [-0.3, -0.25) is 4.79 Å².